The molecule has 0 spiro atoms. The predicted molar refractivity (Wildman–Crippen MR) is 146 cm³/mol. The molecule has 0 radical (unpaired) electrons. The first-order chi connectivity index (χ1) is 16.8. The van der Waals surface area contributed by atoms with E-state index in [4.69, 9.17) is 14.5 Å². The van der Waals surface area contributed by atoms with Crippen LogP contribution in [0.2, 0.25) is 0 Å². The Labute approximate surface area is 211 Å². The van der Waals surface area contributed by atoms with Crippen LogP contribution in [0.1, 0.15) is 30.5 Å². The highest BCUT2D eigenvalue weighted by Crippen LogP contribution is 2.38. The zero-order valence-electron chi connectivity index (χ0n) is 20.7. The number of anilines is 1. The molecule has 1 heterocycles. The zero-order chi connectivity index (χ0) is 24.9. The third-order valence-corrected chi connectivity index (χ3v) is 6.38. The molecule has 3 aromatic rings. The van der Waals surface area contributed by atoms with Gasteiger partial charge in [-0.2, -0.15) is 0 Å². The monoisotopic (exact) mass is 486 g/mol. The number of amidine groups is 1. The Hall–Kier alpha value is -3.51. The molecule has 0 aliphatic carbocycles. The molecule has 1 fully saturated rings. The van der Waals surface area contributed by atoms with Crippen molar-refractivity contribution in [3.8, 4) is 11.5 Å². The van der Waals surface area contributed by atoms with E-state index in [1.165, 1.54) is 11.8 Å². The van der Waals surface area contributed by atoms with Crippen molar-refractivity contribution in [3.05, 3.63) is 88.3 Å². The van der Waals surface area contributed by atoms with Crippen LogP contribution in [0, 0.1) is 19.8 Å². The molecule has 1 saturated heterocycles. The number of rotatable bonds is 7. The van der Waals surface area contributed by atoms with Crippen LogP contribution >= 0.6 is 11.8 Å². The van der Waals surface area contributed by atoms with Crippen LogP contribution in [-0.4, -0.2) is 24.8 Å². The first kappa shape index (κ1) is 24.6. The summed E-state index contributed by atoms with van der Waals surface area (Å²) in [6, 6.07) is 21.6. The fraction of sp³-hybridized carbons (Fsp3) is 0.241. The zero-order valence-corrected chi connectivity index (χ0v) is 21.6. The lowest BCUT2D eigenvalue weighted by Crippen LogP contribution is -2.28. The third kappa shape index (κ3) is 5.95. The highest BCUT2D eigenvalue weighted by atomic mass is 32.2. The fourth-order valence-corrected chi connectivity index (χ4v) is 4.50. The van der Waals surface area contributed by atoms with E-state index in [1.807, 2.05) is 86.7 Å². The number of amides is 1. The summed E-state index contributed by atoms with van der Waals surface area (Å²) in [7, 11) is 1.62. The number of hydrogen-bond donors (Lipinski definition) is 0. The predicted octanol–water partition coefficient (Wildman–Crippen LogP) is 7.16. The van der Waals surface area contributed by atoms with Crippen molar-refractivity contribution in [2.24, 2.45) is 10.9 Å². The molecule has 5 nitrogen and oxygen atoms in total. The summed E-state index contributed by atoms with van der Waals surface area (Å²) < 4.78 is 11.4. The van der Waals surface area contributed by atoms with Crippen molar-refractivity contribution < 1.29 is 14.3 Å². The second-order valence-corrected chi connectivity index (χ2v) is 9.94. The number of carbonyl (C=O) groups excluding carboxylic acids is 1. The van der Waals surface area contributed by atoms with Gasteiger partial charge in [0.1, 0.15) is 0 Å². The Bertz CT molecular complexity index is 1260. The van der Waals surface area contributed by atoms with Gasteiger partial charge in [-0.15, -0.1) is 0 Å². The Morgan fingerprint density at radius 2 is 1.60 bits per heavy atom. The molecule has 35 heavy (non-hydrogen) atoms. The molecule has 180 valence electrons. The average molecular weight is 487 g/mol. The minimum absolute atomic E-state index is 0.108. The smallest absolute Gasteiger partial charge is 0.271 e. The first-order valence-electron chi connectivity index (χ1n) is 11.6. The minimum Gasteiger partial charge on any atom is -0.493 e. The molecule has 3 aromatic carbocycles. The van der Waals surface area contributed by atoms with Gasteiger partial charge in [0.2, 0.25) is 0 Å². The minimum atomic E-state index is -0.108. The standard InChI is InChI=1S/C29H30N2O3S/c1-19(2)18-34-25-15-10-22(16-26(25)33-5)17-27-28(32)31(24-13-8-21(4)9-14-24)29(35-27)30-23-11-6-20(3)7-12-23/h6-17,19H,18H2,1-5H3/b27-17+,30-29?. The van der Waals surface area contributed by atoms with Gasteiger partial charge in [-0.05, 0) is 79.6 Å². The largest absolute Gasteiger partial charge is 0.493 e. The van der Waals surface area contributed by atoms with Gasteiger partial charge in [0, 0.05) is 0 Å². The number of ether oxygens (including phenoxy) is 2. The number of aryl methyl sites for hydroxylation is 2. The highest BCUT2D eigenvalue weighted by Gasteiger charge is 2.34. The van der Waals surface area contributed by atoms with Crippen LogP contribution in [0.15, 0.2) is 76.6 Å². The van der Waals surface area contributed by atoms with Gasteiger partial charge in [-0.1, -0.05) is 55.3 Å². The topological polar surface area (TPSA) is 51.1 Å². The number of thioether (sulfide) groups is 1. The second-order valence-electron chi connectivity index (χ2n) is 8.93. The summed E-state index contributed by atoms with van der Waals surface area (Å²) in [5.41, 5.74) is 4.74. The van der Waals surface area contributed by atoms with Crippen LogP contribution < -0.4 is 14.4 Å². The normalized spacial score (nSPS) is 15.9. The molecule has 1 amide bonds. The van der Waals surface area contributed by atoms with E-state index >= 15 is 0 Å². The van der Waals surface area contributed by atoms with E-state index in [0.717, 1.165) is 28.1 Å². The first-order valence-corrected chi connectivity index (χ1v) is 12.4. The lowest BCUT2D eigenvalue weighted by atomic mass is 10.1. The summed E-state index contributed by atoms with van der Waals surface area (Å²) in [5, 5.41) is 0.623. The number of nitrogens with zero attached hydrogens (tertiary/aromatic N) is 2. The van der Waals surface area contributed by atoms with Crippen molar-refractivity contribution in [2.75, 3.05) is 18.6 Å². The molecular weight excluding hydrogens is 456 g/mol. The van der Waals surface area contributed by atoms with Gasteiger partial charge in [0.25, 0.3) is 5.91 Å². The van der Waals surface area contributed by atoms with Crippen molar-refractivity contribution >= 4 is 40.3 Å². The molecule has 0 aromatic heterocycles. The van der Waals surface area contributed by atoms with Crippen LogP contribution in [0.3, 0.4) is 0 Å². The van der Waals surface area contributed by atoms with Gasteiger partial charge in [0.05, 0.1) is 30.0 Å². The van der Waals surface area contributed by atoms with Gasteiger partial charge in [0.15, 0.2) is 16.7 Å². The molecule has 4 rings (SSSR count). The fourth-order valence-electron chi connectivity index (χ4n) is 3.50. The van der Waals surface area contributed by atoms with E-state index < -0.39 is 0 Å². The molecular formula is C29H30N2O3S. The van der Waals surface area contributed by atoms with Gasteiger partial charge < -0.3 is 9.47 Å². The molecule has 1 aliphatic rings. The molecule has 0 saturated carbocycles. The van der Waals surface area contributed by atoms with Crippen molar-refractivity contribution in [1.82, 2.24) is 0 Å². The Balaban J connectivity index is 1.69. The Kier molecular flexibility index (Phi) is 7.61. The molecule has 0 bridgehead atoms. The molecule has 0 atom stereocenters. The highest BCUT2D eigenvalue weighted by molar-refractivity contribution is 8.19. The maximum absolute atomic E-state index is 13.5. The molecule has 0 N–H and O–H groups in total. The molecule has 6 heteroatoms. The summed E-state index contributed by atoms with van der Waals surface area (Å²) >= 11 is 1.37. The van der Waals surface area contributed by atoms with E-state index in [-0.39, 0.29) is 5.91 Å². The number of benzene rings is 3. The van der Waals surface area contributed by atoms with Crippen molar-refractivity contribution in [2.45, 2.75) is 27.7 Å². The van der Waals surface area contributed by atoms with E-state index in [0.29, 0.717) is 34.1 Å². The van der Waals surface area contributed by atoms with E-state index in [1.54, 1.807) is 12.0 Å². The SMILES string of the molecule is COc1cc(/C=C2/SC(=Nc3ccc(C)cc3)N(c3ccc(C)cc3)C2=O)ccc1OCC(C)C. The summed E-state index contributed by atoms with van der Waals surface area (Å²) in [6.45, 7) is 8.87. The van der Waals surface area contributed by atoms with Gasteiger partial charge in [-0.25, -0.2) is 4.99 Å². The maximum Gasteiger partial charge on any atom is 0.271 e. The van der Waals surface area contributed by atoms with Crippen LogP contribution in [0.5, 0.6) is 11.5 Å². The van der Waals surface area contributed by atoms with Crippen LogP contribution in [-0.2, 0) is 4.79 Å². The Morgan fingerprint density at radius 3 is 2.23 bits per heavy atom. The van der Waals surface area contributed by atoms with Crippen molar-refractivity contribution in [1.29, 1.82) is 0 Å². The quantitative estimate of drug-likeness (QED) is 0.333. The summed E-state index contributed by atoms with van der Waals surface area (Å²) in [4.78, 5) is 20.6. The van der Waals surface area contributed by atoms with Crippen molar-refractivity contribution in [3.63, 3.8) is 0 Å². The summed E-state index contributed by atoms with van der Waals surface area (Å²) in [6.07, 6.45) is 1.88. The average Bonchev–Trinajstić information content (AvgIpc) is 3.14. The molecule has 1 aliphatic heterocycles. The van der Waals surface area contributed by atoms with Gasteiger partial charge >= 0.3 is 0 Å². The van der Waals surface area contributed by atoms with E-state index in [2.05, 4.69) is 13.8 Å². The molecule has 0 unspecified atom stereocenters. The third-order valence-electron chi connectivity index (χ3n) is 5.41. The lowest BCUT2D eigenvalue weighted by molar-refractivity contribution is -0.113. The lowest BCUT2D eigenvalue weighted by Gasteiger charge is -2.16. The Morgan fingerprint density at radius 1 is 0.943 bits per heavy atom. The van der Waals surface area contributed by atoms with Crippen LogP contribution in [0.25, 0.3) is 6.08 Å². The number of hydrogen-bond acceptors (Lipinski definition) is 5. The number of aliphatic imine (C=N–C) groups is 1. The second kappa shape index (κ2) is 10.8. The van der Waals surface area contributed by atoms with E-state index in [9.17, 15) is 4.79 Å². The maximum atomic E-state index is 13.5. The number of methoxy groups -OCH3 is 1. The number of carbonyl (C=O) groups is 1. The van der Waals surface area contributed by atoms with Crippen LogP contribution in [0.4, 0.5) is 11.4 Å². The summed E-state index contributed by atoms with van der Waals surface area (Å²) in [5.74, 6) is 1.63. The van der Waals surface area contributed by atoms with Gasteiger partial charge in [-0.3, -0.25) is 9.69 Å².